The molecular weight excluding hydrogens is 394 g/mol. The molecular formula is C24H15N3S2. The molecule has 0 radical (unpaired) electrons. The fraction of sp³-hybridized carbons (Fsp3) is 0. The number of hydrogen-bond donors (Lipinski definition) is 0. The van der Waals surface area contributed by atoms with Gasteiger partial charge in [0.15, 0.2) is 0 Å². The van der Waals surface area contributed by atoms with Crippen molar-refractivity contribution >= 4 is 44.5 Å². The molecule has 138 valence electrons. The number of nitrogens with zero attached hydrogens (tertiary/aromatic N) is 3. The van der Waals surface area contributed by atoms with Crippen molar-refractivity contribution in [1.29, 1.82) is 0 Å². The molecule has 5 heteroatoms. The predicted octanol–water partition coefficient (Wildman–Crippen LogP) is 7.03. The minimum Gasteiger partial charge on any atom is -0.307 e. The van der Waals surface area contributed by atoms with Crippen LogP contribution in [0, 0.1) is 0 Å². The van der Waals surface area contributed by atoms with Crippen molar-refractivity contribution in [2.24, 2.45) is 0 Å². The van der Waals surface area contributed by atoms with E-state index in [-0.39, 0.29) is 0 Å². The van der Waals surface area contributed by atoms with Crippen molar-refractivity contribution in [3.63, 3.8) is 0 Å². The normalized spacial score (nSPS) is 11.4. The standard InChI is InChI=1S/C24H15N3S2/c1-5-16-15-20(17-6-2-12-26-24(17)23(16)25-11-1)27-18(21-7-3-13-28-21)9-10-19(27)22-8-4-14-29-22/h1-15H. The van der Waals surface area contributed by atoms with Gasteiger partial charge in [-0.2, -0.15) is 0 Å². The molecule has 5 heterocycles. The number of hydrogen-bond acceptors (Lipinski definition) is 4. The van der Waals surface area contributed by atoms with Crippen molar-refractivity contribution in [1.82, 2.24) is 14.5 Å². The molecule has 0 aliphatic carbocycles. The minimum absolute atomic E-state index is 0.934. The highest BCUT2D eigenvalue weighted by Crippen LogP contribution is 2.39. The molecule has 6 rings (SSSR count). The summed E-state index contributed by atoms with van der Waals surface area (Å²) in [5.74, 6) is 0. The Hall–Kier alpha value is -3.28. The molecule has 0 bridgehead atoms. The van der Waals surface area contributed by atoms with Crippen molar-refractivity contribution in [2.45, 2.75) is 0 Å². The number of fused-ring (bicyclic) bond motifs is 3. The summed E-state index contributed by atoms with van der Waals surface area (Å²) in [7, 11) is 0. The van der Waals surface area contributed by atoms with E-state index in [9.17, 15) is 0 Å². The molecule has 0 unspecified atom stereocenters. The third kappa shape index (κ3) is 2.63. The van der Waals surface area contributed by atoms with Crippen LogP contribution in [-0.2, 0) is 0 Å². The van der Waals surface area contributed by atoms with E-state index in [1.165, 1.54) is 21.1 Å². The van der Waals surface area contributed by atoms with E-state index in [0.29, 0.717) is 0 Å². The van der Waals surface area contributed by atoms with Gasteiger partial charge in [0.05, 0.1) is 37.9 Å². The summed E-state index contributed by atoms with van der Waals surface area (Å²) in [5, 5.41) is 6.45. The van der Waals surface area contributed by atoms with E-state index in [1.54, 1.807) is 22.7 Å². The molecule has 1 aromatic carbocycles. The third-order valence-corrected chi connectivity index (χ3v) is 6.89. The van der Waals surface area contributed by atoms with E-state index in [4.69, 9.17) is 4.98 Å². The quantitative estimate of drug-likeness (QED) is 0.294. The summed E-state index contributed by atoms with van der Waals surface area (Å²) in [4.78, 5) is 11.8. The monoisotopic (exact) mass is 409 g/mol. The van der Waals surface area contributed by atoms with Crippen LogP contribution in [0.25, 0.3) is 48.6 Å². The molecule has 6 aromatic rings. The van der Waals surface area contributed by atoms with Gasteiger partial charge >= 0.3 is 0 Å². The van der Waals surface area contributed by atoms with Crippen LogP contribution >= 0.6 is 22.7 Å². The maximum Gasteiger partial charge on any atom is 0.0985 e. The number of rotatable bonds is 3. The maximum atomic E-state index is 4.69. The first-order chi connectivity index (χ1) is 14.4. The molecule has 0 atom stereocenters. The van der Waals surface area contributed by atoms with Gasteiger partial charge in [-0.1, -0.05) is 18.2 Å². The predicted molar refractivity (Wildman–Crippen MR) is 123 cm³/mol. The van der Waals surface area contributed by atoms with Crippen LogP contribution in [0.15, 0.2) is 89.9 Å². The topological polar surface area (TPSA) is 30.7 Å². The fourth-order valence-electron chi connectivity index (χ4n) is 3.87. The Morgan fingerprint density at radius 2 is 1.31 bits per heavy atom. The van der Waals surface area contributed by atoms with Gasteiger partial charge in [0.1, 0.15) is 0 Å². The Morgan fingerprint density at radius 3 is 1.97 bits per heavy atom. The summed E-state index contributed by atoms with van der Waals surface area (Å²) in [6, 6.07) is 23.5. The zero-order chi connectivity index (χ0) is 19.2. The molecule has 5 aromatic heterocycles. The van der Waals surface area contributed by atoms with Crippen LogP contribution in [0.5, 0.6) is 0 Å². The lowest BCUT2D eigenvalue weighted by molar-refractivity contribution is 1.12. The summed E-state index contributed by atoms with van der Waals surface area (Å²) in [6.45, 7) is 0. The van der Waals surface area contributed by atoms with Gasteiger partial charge in [-0.25, -0.2) is 0 Å². The molecule has 0 saturated carbocycles. The van der Waals surface area contributed by atoms with Crippen LogP contribution in [0.3, 0.4) is 0 Å². The van der Waals surface area contributed by atoms with Gasteiger partial charge in [-0.3, -0.25) is 9.97 Å². The van der Waals surface area contributed by atoms with Gasteiger partial charge in [-0.05, 0) is 59.3 Å². The number of aromatic nitrogens is 3. The summed E-state index contributed by atoms with van der Waals surface area (Å²) < 4.78 is 2.37. The van der Waals surface area contributed by atoms with Gasteiger partial charge in [0.2, 0.25) is 0 Å². The van der Waals surface area contributed by atoms with Gasteiger partial charge in [0.25, 0.3) is 0 Å². The lowest BCUT2D eigenvalue weighted by Crippen LogP contribution is -2.00. The SMILES string of the molecule is c1csc(-c2ccc(-c3cccs3)n2-c2cc3cccnc3c3ncccc23)c1. The molecule has 3 nitrogen and oxygen atoms in total. The molecule has 29 heavy (non-hydrogen) atoms. The van der Waals surface area contributed by atoms with Crippen LogP contribution in [0.4, 0.5) is 0 Å². The second-order valence-corrected chi connectivity index (χ2v) is 8.66. The molecule has 0 amide bonds. The van der Waals surface area contributed by atoms with Crippen LogP contribution in [0.2, 0.25) is 0 Å². The maximum absolute atomic E-state index is 4.69. The minimum atomic E-state index is 0.934. The Labute approximate surface area is 175 Å². The average Bonchev–Trinajstić information content (AvgIpc) is 3.54. The van der Waals surface area contributed by atoms with Gasteiger partial charge < -0.3 is 4.57 Å². The van der Waals surface area contributed by atoms with Crippen LogP contribution in [0.1, 0.15) is 0 Å². The highest BCUT2D eigenvalue weighted by Gasteiger charge is 2.18. The summed E-state index contributed by atoms with van der Waals surface area (Å²) >= 11 is 3.52. The summed E-state index contributed by atoms with van der Waals surface area (Å²) in [5.41, 5.74) is 5.39. The zero-order valence-electron chi connectivity index (χ0n) is 15.3. The molecule has 0 saturated heterocycles. The Morgan fingerprint density at radius 1 is 0.655 bits per heavy atom. The Kier molecular flexibility index (Phi) is 3.82. The van der Waals surface area contributed by atoms with Crippen molar-refractivity contribution in [2.75, 3.05) is 0 Å². The van der Waals surface area contributed by atoms with E-state index >= 15 is 0 Å². The zero-order valence-corrected chi connectivity index (χ0v) is 17.0. The first-order valence-electron chi connectivity index (χ1n) is 9.32. The van der Waals surface area contributed by atoms with Crippen molar-refractivity contribution in [3.8, 4) is 26.8 Å². The van der Waals surface area contributed by atoms with Gasteiger partial charge in [-0.15, -0.1) is 22.7 Å². The highest BCUT2D eigenvalue weighted by molar-refractivity contribution is 7.14. The lowest BCUT2D eigenvalue weighted by Gasteiger charge is -2.16. The Bertz CT molecular complexity index is 1390. The Balaban J connectivity index is 1.76. The molecule has 0 aliphatic heterocycles. The van der Waals surface area contributed by atoms with Crippen molar-refractivity contribution < 1.29 is 0 Å². The first kappa shape index (κ1) is 16.7. The fourth-order valence-corrected chi connectivity index (χ4v) is 5.35. The molecule has 0 N–H and O–H groups in total. The number of thiophene rings is 2. The molecule has 0 fully saturated rings. The summed E-state index contributed by atoms with van der Waals surface area (Å²) in [6.07, 6.45) is 3.68. The van der Waals surface area contributed by atoms with E-state index in [1.807, 2.05) is 24.5 Å². The van der Waals surface area contributed by atoms with Crippen molar-refractivity contribution in [3.05, 3.63) is 89.9 Å². The smallest absolute Gasteiger partial charge is 0.0985 e. The highest BCUT2D eigenvalue weighted by atomic mass is 32.1. The van der Waals surface area contributed by atoms with E-state index < -0.39 is 0 Å². The number of benzene rings is 1. The number of pyridine rings is 2. The largest absolute Gasteiger partial charge is 0.307 e. The third-order valence-electron chi connectivity index (χ3n) is 5.11. The molecule has 0 aliphatic rings. The second kappa shape index (κ2) is 6.65. The average molecular weight is 410 g/mol. The lowest BCUT2D eigenvalue weighted by atomic mass is 10.1. The van der Waals surface area contributed by atoms with Crippen LogP contribution < -0.4 is 0 Å². The van der Waals surface area contributed by atoms with E-state index in [0.717, 1.165) is 27.5 Å². The molecule has 0 spiro atoms. The van der Waals surface area contributed by atoms with E-state index in [2.05, 4.69) is 74.9 Å². The first-order valence-corrected chi connectivity index (χ1v) is 11.1. The van der Waals surface area contributed by atoms with Gasteiger partial charge in [0, 0.05) is 23.2 Å². The second-order valence-electron chi connectivity index (χ2n) is 6.76. The van der Waals surface area contributed by atoms with Crippen LogP contribution in [-0.4, -0.2) is 14.5 Å².